The van der Waals surface area contributed by atoms with E-state index in [2.05, 4.69) is 0 Å². The van der Waals surface area contributed by atoms with Crippen LogP contribution in [-0.4, -0.2) is 14.2 Å². The second kappa shape index (κ2) is 6.81. The Bertz CT molecular complexity index is 509. The van der Waals surface area contributed by atoms with E-state index in [1.54, 1.807) is 14.2 Å². The average Bonchev–Trinajstić information content (AvgIpc) is 2.46. The van der Waals surface area contributed by atoms with Crippen molar-refractivity contribution in [3.05, 3.63) is 59.7 Å². The van der Waals surface area contributed by atoms with E-state index in [1.165, 1.54) is 0 Å². The van der Waals surface area contributed by atoms with Gasteiger partial charge in [-0.2, -0.15) is 0 Å². The van der Waals surface area contributed by atoms with E-state index >= 15 is 0 Å². The third-order valence-electron chi connectivity index (χ3n) is 2.73. The number of ether oxygens (including phenoxy) is 3. The van der Waals surface area contributed by atoms with E-state index < -0.39 is 0 Å². The fourth-order valence-electron chi connectivity index (χ4n) is 1.82. The van der Waals surface area contributed by atoms with Gasteiger partial charge in [-0.25, -0.2) is 0 Å². The maximum atomic E-state index is 5.79. The van der Waals surface area contributed by atoms with Gasteiger partial charge in [0.15, 0.2) is 0 Å². The average molecular weight is 258 g/mol. The smallest absolute Gasteiger partial charge is 0.123 e. The highest BCUT2D eigenvalue weighted by atomic mass is 16.5. The molecule has 0 fully saturated rings. The Morgan fingerprint density at radius 1 is 0.789 bits per heavy atom. The van der Waals surface area contributed by atoms with Crippen LogP contribution in [0.2, 0.25) is 0 Å². The van der Waals surface area contributed by atoms with Crippen LogP contribution >= 0.6 is 0 Å². The molecule has 0 bridgehead atoms. The zero-order valence-corrected chi connectivity index (χ0v) is 11.3. The minimum atomic E-state index is 0.541. The second-order valence-electron chi connectivity index (χ2n) is 4.22. The van der Waals surface area contributed by atoms with Gasteiger partial charge < -0.3 is 14.2 Å². The van der Waals surface area contributed by atoms with E-state index in [4.69, 9.17) is 14.2 Å². The van der Waals surface area contributed by atoms with Crippen molar-refractivity contribution in [1.29, 1.82) is 0 Å². The monoisotopic (exact) mass is 258 g/mol. The van der Waals surface area contributed by atoms with Crippen molar-refractivity contribution in [2.24, 2.45) is 0 Å². The molecular weight excluding hydrogens is 240 g/mol. The Hall–Kier alpha value is -2.00. The highest BCUT2D eigenvalue weighted by Gasteiger charge is 2.03. The highest BCUT2D eigenvalue weighted by Crippen LogP contribution is 2.24. The maximum Gasteiger partial charge on any atom is 0.123 e. The summed E-state index contributed by atoms with van der Waals surface area (Å²) in [6, 6.07) is 15.9. The summed E-state index contributed by atoms with van der Waals surface area (Å²) in [6.07, 6.45) is 0. The van der Waals surface area contributed by atoms with Crippen LogP contribution < -0.4 is 9.47 Å². The molecule has 0 saturated heterocycles. The van der Waals surface area contributed by atoms with Crippen LogP contribution in [0.5, 0.6) is 11.5 Å². The first-order valence-corrected chi connectivity index (χ1v) is 6.15. The largest absolute Gasteiger partial charge is 0.497 e. The minimum absolute atomic E-state index is 0.541. The summed E-state index contributed by atoms with van der Waals surface area (Å²) >= 11 is 0. The fourth-order valence-corrected chi connectivity index (χ4v) is 1.82. The second-order valence-corrected chi connectivity index (χ2v) is 4.22. The molecule has 0 saturated carbocycles. The van der Waals surface area contributed by atoms with Crippen molar-refractivity contribution in [1.82, 2.24) is 0 Å². The molecule has 0 aliphatic rings. The number of methoxy groups -OCH3 is 2. The predicted octanol–water partition coefficient (Wildman–Crippen LogP) is 3.42. The molecule has 0 N–H and O–H groups in total. The lowest BCUT2D eigenvalue weighted by atomic mass is 10.2. The van der Waals surface area contributed by atoms with Crippen molar-refractivity contribution in [3.63, 3.8) is 0 Å². The molecule has 0 heterocycles. The molecule has 0 aliphatic carbocycles. The van der Waals surface area contributed by atoms with Crippen molar-refractivity contribution in [3.8, 4) is 11.5 Å². The molecule has 0 aliphatic heterocycles. The molecule has 3 heteroatoms. The predicted molar refractivity (Wildman–Crippen MR) is 74.5 cm³/mol. The van der Waals surface area contributed by atoms with Crippen molar-refractivity contribution in [2.75, 3.05) is 14.2 Å². The van der Waals surface area contributed by atoms with Gasteiger partial charge in [-0.05, 0) is 23.3 Å². The van der Waals surface area contributed by atoms with Crippen LogP contribution in [0.25, 0.3) is 0 Å². The van der Waals surface area contributed by atoms with Gasteiger partial charge in [-0.1, -0.05) is 30.3 Å². The fraction of sp³-hybridized carbons (Fsp3) is 0.250. The van der Waals surface area contributed by atoms with Crippen LogP contribution in [0.3, 0.4) is 0 Å². The van der Waals surface area contributed by atoms with E-state index in [0.29, 0.717) is 13.2 Å². The lowest BCUT2D eigenvalue weighted by Gasteiger charge is -2.10. The molecule has 0 aromatic heterocycles. The molecule has 2 rings (SSSR count). The van der Waals surface area contributed by atoms with Gasteiger partial charge in [0.2, 0.25) is 0 Å². The summed E-state index contributed by atoms with van der Waals surface area (Å²) < 4.78 is 16.2. The summed E-state index contributed by atoms with van der Waals surface area (Å²) in [5.41, 5.74) is 2.17. The number of hydrogen-bond donors (Lipinski definition) is 0. The van der Waals surface area contributed by atoms with Crippen molar-refractivity contribution in [2.45, 2.75) is 13.2 Å². The molecular formula is C16H18O3. The van der Waals surface area contributed by atoms with Crippen molar-refractivity contribution < 1.29 is 14.2 Å². The molecule has 0 radical (unpaired) electrons. The van der Waals surface area contributed by atoms with Crippen LogP contribution in [0.15, 0.2) is 48.5 Å². The maximum absolute atomic E-state index is 5.79. The topological polar surface area (TPSA) is 27.7 Å². The van der Waals surface area contributed by atoms with Gasteiger partial charge in [-0.15, -0.1) is 0 Å². The molecule has 0 unspecified atom stereocenters. The lowest BCUT2D eigenvalue weighted by molar-refractivity contribution is 0.184. The minimum Gasteiger partial charge on any atom is -0.497 e. The lowest BCUT2D eigenvalue weighted by Crippen LogP contribution is -1.97. The van der Waals surface area contributed by atoms with Gasteiger partial charge >= 0.3 is 0 Å². The van der Waals surface area contributed by atoms with E-state index in [1.807, 2.05) is 48.5 Å². The van der Waals surface area contributed by atoms with E-state index in [-0.39, 0.29) is 0 Å². The third kappa shape index (κ3) is 4.00. The van der Waals surface area contributed by atoms with Gasteiger partial charge in [0.1, 0.15) is 18.1 Å². The Balaban J connectivity index is 2.08. The zero-order chi connectivity index (χ0) is 13.5. The summed E-state index contributed by atoms with van der Waals surface area (Å²) in [5, 5.41) is 0. The van der Waals surface area contributed by atoms with Gasteiger partial charge in [0.25, 0.3) is 0 Å². The molecule has 3 nitrogen and oxygen atoms in total. The quantitative estimate of drug-likeness (QED) is 0.794. The first kappa shape index (κ1) is 13.4. The first-order valence-electron chi connectivity index (χ1n) is 6.15. The number of rotatable bonds is 6. The summed E-state index contributed by atoms with van der Waals surface area (Å²) in [4.78, 5) is 0. The third-order valence-corrected chi connectivity index (χ3v) is 2.73. The van der Waals surface area contributed by atoms with Gasteiger partial charge in [0.05, 0.1) is 13.7 Å². The van der Waals surface area contributed by atoms with Crippen molar-refractivity contribution >= 4 is 0 Å². The molecule has 2 aromatic rings. The summed E-state index contributed by atoms with van der Waals surface area (Å²) in [6.45, 7) is 1.08. The standard InChI is InChI=1S/C16H18O3/c1-17-11-14-8-15(18-2)10-16(9-14)19-12-13-6-4-3-5-7-13/h3-10H,11-12H2,1-2H3. The summed E-state index contributed by atoms with van der Waals surface area (Å²) in [7, 11) is 3.32. The van der Waals surface area contributed by atoms with E-state index in [9.17, 15) is 0 Å². The Kier molecular flexibility index (Phi) is 4.81. The zero-order valence-electron chi connectivity index (χ0n) is 11.3. The van der Waals surface area contributed by atoms with Crippen LogP contribution in [0, 0.1) is 0 Å². The Morgan fingerprint density at radius 2 is 1.53 bits per heavy atom. The molecule has 2 aromatic carbocycles. The van der Waals surface area contributed by atoms with Crippen LogP contribution in [0.4, 0.5) is 0 Å². The molecule has 0 amide bonds. The molecule has 100 valence electrons. The first-order chi connectivity index (χ1) is 9.31. The highest BCUT2D eigenvalue weighted by molar-refractivity contribution is 5.38. The number of benzene rings is 2. The van der Waals surface area contributed by atoms with E-state index in [0.717, 1.165) is 22.6 Å². The summed E-state index contributed by atoms with van der Waals surface area (Å²) in [5.74, 6) is 1.56. The molecule has 19 heavy (non-hydrogen) atoms. The Morgan fingerprint density at radius 3 is 2.21 bits per heavy atom. The molecule has 0 atom stereocenters. The van der Waals surface area contributed by atoms with Gasteiger partial charge in [-0.3, -0.25) is 0 Å². The van der Waals surface area contributed by atoms with Crippen LogP contribution in [0.1, 0.15) is 11.1 Å². The Labute approximate surface area is 113 Å². The normalized spacial score (nSPS) is 10.2. The van der Waals surface area contributed by atoms with Gasteiger partial charge in [0, 0.05) is 13.2 Å². The van der Waals surface area contributed by atoms with Crippen LogP contribution in [-0.2, 0) is 18.0 Å². The number of hydrogen-bond acceptors (Lipinski definition) is 3. The molecule has 0 spiro atoms. The SMILES string of the molecule is COCc1cc(OC)cc(OCc2ccccc2)c1.